The van der Waals surface area contributed by atoms with Gasteiger partial charge in [-0.1, -0.05) is 12.1 Å². The maximum absolute atomic E-state index is 12.5. The van der Waals surface area contributed by atoms with Gasteiger partial charge in [0.2, 0.25) is 5.75 Å². The van der Waals surface area contributed by atoms with Gasteiger partial charge in [0.05, 0.1) is 13.2 Å². The van der Waals surface area contributed by atoms with E-state index in [0.29, 0.717) is 6.42 Å². The summed E-state index contributed by atoms with van der Waals surface area (Å²) in [4.78, 5) is 39.9. The largest absolute Gasteiger partial charge is 0.493 e. The summed E-state index contributed by atoms with van der Waals surface area (Å²) in [6.07, 6.45) is 1.53. The molecule has 1 atom stereocenters. The highest BCUT2D eigenvalue weighted by atomic mass is 16.6. The minimum atomic E-state index is -0.703. The number of carbonyl (C=O) groups excluding carboxylic acids is 3. The second-order valence-electron chi connectivity index (χ2n) is 7.28. The van der Waals surface area contributed by atoms with Crippen LogP contribution in [0.5, 0.6) is 17.2 Å². The molecule has 9 heteroatoms. The quantitative estimate of drug-likeness (QED) is 0.557. The third-order valence-electron chi connectivity index (χ3n) is 4.09. The molecule has 0 radical (unpaired) electrons. The number of amides is 1. The van der Waals surface area contributed by atoms with Gasteiger partial charge in [-0.3, -0.25) is 14.4 Å². The fourth-order valence-corrected chi connectivity index (χ4v) is 2.85. The summed E-state index contributed by atoms with van der Waals surface area (Å²) in [6.45, 7) is 6.49. The number of carbonyl (C=O) groups is 3. The van der Waals surface area contributed by atoms with E-state index in [9.17, 15) is 14.4 Å². The Balaban J connectivity index is 1.90. The molecule has 0 aliphatic rings. The Bertz CT molecular complexity index is 942. The van der Waals surface area contributed by atoms with Crippen LogP contribution in [0.1, 0.15) is 43.7 Å². The molecule has 0 bridgehead atoms. The first-order valence-electron chi connectivity index (χ1n) is 10.1. The molecule has 2 rings (SSSR count). The predicted octanol–water partition coefficient (Wildman–Crippen LogP) is 2.71. The molecule has 1 aromatic heterocycles. The number of nitrogens with one attached hydrogen (secondary N) is 1. The molecule has 0 saturated heterocycles. The van der Waals surface area contributed by atoms with Gasteiger partial charge in [0, 0.05) is 25.6 Å². The Morgan fingerprint density at radius 3 is 2.34 bits per heavy atom. The van der Waals surface area contributed by atoms with E-state index in [1.165, 1.54) is 26.3 Å². The minimum Gasteiger partial charge on any atom is -0.493 e. The van der Waals surface area contributed by atoms with Gasteiger partial charge in [0.1, 0.15) is 18.4 Å². The molecule has 1 N–H and O–H groups in total. The Hall–Kier alpha value is -3.62. The molecule has 172 valence electrons. The molecule has 1 heterocycles. The van der Waals surface area contributed by atoms with Crippen molar-refractivity contribution >= 4 is 17.8 Å². The average molecular weight is 444 g/mol. The maximum Gasteiger partial charge on any atom is 0.325 e. The second kappa shape index (κ2) is 11.7. The van der Waals surface area contributed by atoms with Gasteiger partial charge in [-0.25, -0.2) is 4.98 Å². The van der Waals surface area contributed by atoms with Gasteiger partial charge in [0.25, 0.3) is 5.91 Å². The topological polar surface area (TPSA) is 113 Å². The highest BCUT2D eigenvalue weighted by Gasteiger charge is 2.21. The summed E-state index contributed by atoms with van der Waals surface area (Å²) in [7, 11) is 1.37. The molecule has 1 amide bonds. The third-order valence-corrected chi connectivity index (χ3v) is 4.09. The van der Waals surface area contributed by atoms with Crippen molar-refractivity contribution in [3.63, 3.8) is 0 Å². The number of hydrogen-bond acceptors (Lipinski definition) is 8. The van der Waals surface area contributed by atoms with Crippen molar-refractivity contribution in [2.75, 3.05) is 13.7 Å². The first-order valence-corrected chi connectivity index (χ1v) is 10.1. The van der Waals surface area contributed by atoms with Crippen LogP contribution in [0, 0.1) is 0 Å². The summed E-state index contributed by atoms with van der Waals surface area (Å²) >= 11 is 0. The third kappa shape index (κ3) is 7.57. The number of pyridine rings is 1. The van der Waals surface area contributed by atoms with Crippen molar-refractivity contribution in [2.45, 2.75) is 46.3 Å². The first kappa shape index (κ1) is 24.6. The molecule has 9 nitrogen and oxygen atoms in total. The predicted molar refractivity (Wildman–Crippen MR) is 116 cm³/mol. The SMILES string of the molecule is COc1ccnc(C(=O)NCC(=O)OC(C)Cc2ccc(OC(C)C)cc2)c1OC(C)=O. The molecule has 1 unspecified atom stereocenters. The lowest BCUT2D eigenvalue weighted by Crippen LogP contribution is -2.33. The van der Waals surface area contributed by atoms with E-state index in [-0.39, 0.29) is 29.8 Å². The van der Waals surface area contributed by atoms with Crippen LogP contribution >= 0.6 is 0 Å². The van der Waals surface area contributed by atoms with Crippen molar-refractivity contribution in [2.24, 2.45) is 0 Å². The van der Waals surface area contributed by atoms with E-state index in [4.69, 9.17) is 18.9 Å². The first-order chi connectivity index (χ1) is 15.2. The zero-order chi connectivity index (χ0) is 23.7. The number of hydrogen-bond donors (Lipinski definition) is 1. The summed E-state index contributed by atoms with van der Waals surface area (Å²) < 4.78 is 21.1. The van der Waals surface area contributed by atoms with E-state index in [1.807, 2.05) is 38.1 Å². The minimum absolute atomic E-state index is 0.0909. The molecule has 32 heavy (non-hydrogen) atoms. The van der Waals surface area contributed by atoms with Gasteiger partial charge in [0.15, 0.2) is 11.4 Å². The smallest absolute Gasteiger partial charge is 0.325 e. The number of benzene rings is 1. The van der Waals surface area contributed by atoms with Gasteiger partial charge >= 0.3 is 11.9 Å². The van der Waals surface area contributed by atoms with Crippen LogP contribution in [0.4, 0.5) is 0 Å². The van der Waals surface area contributed by atoms with Crippen LogP contribution in [0.25, 0.3) is 0 Å². The molecule has 0 aliphatic heterocycles. The summed E-state index contributed by atoms with van der Waals surface area (Å²) in [5, 5.41) is 2.42. The number of aromatic nitrogens is 1. The van der Waals surface area contributed by atoms with E-state index < -0.39 is 23.9 Å². The lowest BCUT2D eigenvalue weighted by Gasteiger charge is -2.15. The maximum atomic E-state index is 12.5. The van der Waals surface area contributed by atoms with Crippen LogP contribution in [0.15, 0.2) is 36.5 Å². The van der Waals surface area contributed by atoms with Crippen molar-refractivity contribution in [1.82, 2.24) is 10.3 Å². The van der Waals surface area contributed by atoms with Crippen molar-refractivity contribution in [1.29, 1.82) is 0 Å². The Morgan fingerprint density at radius 2 is 1.75 bits per heavy atom. The molecular weight excluding hydrogens is 416 g/mol. The number of methoxy groups -OCH3 is 1. The molecular formula is C23H28N2O7. The fraction of sp³-hybridized carbons (Fsp3) is 0.391. The standard InChI is InChI=1S/C23H28N2O7/c1-14(2)30-18-8-6-17(7-9-18)12-15(3)31-20(27)13-25-23(28)21-22(32-16(4)26)19(29-5)10-11-24-21/h6-11,14-15H,12-13H2,1-5H3,(H,25,28). The highest BCUT2D eigenvalue weighted by Crippen LogP contribution is 2.29. The van der Waals surface area contributed by atoms with Gasteiger partial charge in [-0.2, -0.15) is 0 Å². The summed E-state index contributed by atoms with van der Waals surface area (Å²) in [6, 6.07) is 9.01. The molecule has 0 spiro atoms. The number of esters is 2. The van der Waals surface area contributed by atoms with Crippen LogP contribution in [0.2, 0.25) is 0 Å². The zero-order valence-electron chi connectivity index (χ0n) is 18.8. The molecule has 0 saturated carbocycles. The van der Waals surface area contributed by atoms with E-state index in [2.05, 4.69) is 10.3 Å². The lowest BCUT2D eigenvalue weighted by atomic mass is 10.1. The molecule has 0 fully saturated rings. The average Bonchev–Trinajstić information content (AvgIpc) is 2.72. The van der Waals surface area contributed by atoms with E-state index in [0.717, 1.165) is 11.3 Å². The van der Waals surface area contributed by atoms with Crippen molar-refractivity contribution in [3.05, 3.63) is 47.8 Å². The Kier molecular flexibility index (Phi) is 9.00. The Labute approximate surface area is 187 Å². The monoisotopic (exact) mass is 444 g/mol. The zero-order valence-corrected chi connectivity index (χ0v) is 18.8. The number of rotatable bonds is 10. The van der Waals surface area contributed by atoms with E-state index >= 15 is 0 Å². The lowest BCUT2D eigenvalue weighted by molar-refractivity contribution is -0.146. The molecule has 2 aromatic rings. The van der Waals surface area contributed by atoms with Gasteiger partial charge < -0.3 is 24.3 Å². The van der Waals surface area contributed by atoms with E-state index in [1.54, 1.807) is 6.92 Å². The summed E-state index contributed by atoms with van der Waals surface area (Å²) in [5.41, 5.74) is 0.807. The Morgan fingerprint density at radius 1 is 1.06 bits per heavy atom. The van der Waals surface area contributed by atoms with Crippen LogP contribution in [0.3, 0.4) is 0 Å². The van der Waals surface area contributed by atoms with Crippen LogP contribution in [-0.4, -0.2) is 48.7 Å². The van der Waals surface area contributed by atoms with Crippen LogP contribution in [-0.2, 0) is 20.7 Å². The van der Waals surface area contributed by atoms with Gasteiger partial charge in [-0.05, 0) is 38.5 Å². The summed E-state index contributed by atoms with van der Waals surface area (Å²) in [5.74, 6) is -1.13. The second-order valence-corrected chi connectivity index (χ2v) is 7.28. The number of nitrogens with zero attached hydrogens (tertiary/aromatic N) is 1. The highest BCUT2D eigenvalue weighted by molar-refractivity contribution is 5.98. The molecule has 0 aliphatic carbocycles. The number of ether oxygens (including phenoxy) is 4. The van der Waals surface area contributed by atoms with Crippen LogP contribution < -0.4 is 19.5 Å². The fourth-order valence-electron chi connectivity index (χ4n) is 2.85. The van der Waals surface area contributed by atoms with Crippen molar-refractivity contribution in [3.8, 4) is 17.2 Å². The molecule has 1 aromatic carbocycles. The van der Waals surface area contributed by atoms with Gasteiger partial charge in [-0.15, -0.1) is 0 Å². The van der Waals surface area contributed by atoms with Crippen molar-refractivity contribution < 1.29 is 33.3 Å². The normalized spacial score (nSPS) is 11.4.